The fraction of sp³-hybridized carbons (Fsp3) is 0.271. The molecule has 5 aromatic rings. The molecule has 5 atom stereocenters. The molecule has 4 aromatic carbocycles. The van der Waals surface area contributed by atoms with Crippen molar-refractivity contribution >= 4 is 58.9 Å². The Bertz CT molecular complexity index is 2290. The number of amides is 6. The third kappa shape index (κ3) is 14.8. The molecule has 328 valence electrons. The summed E-state index contributed by atoms with van der Waals surface area (Å²) < 4.78 is 0. The number of carboxylic acids is 1. The number of rotatable bonds is 23. The first-order valence-corrected chi connectivity index (χ1v) is 21.5. The molecule has 0 unspecified atom stereocenters. The zero-order valence-electron chi connectivity index (χ0n) is 35.0. The van der Waals surface area contributed by atoms with Gasteiger partial charge >= 0.3 is 5.97 Å². The number of thiophene rings is 1. The van der Waals surface area contributed by atoms with Gasteiger partial charge in [0.05, 0.1) is 0 Å². The van der Waals surface area contributed by atoms with E-state index in [1.165, 1.54) is 18.3 Å². The van der Waals surface area contributed by atoms with Crippen molar-refractivity contribution in [2.45, 2.75) is 82.6 Å². The van der Waals surface area contributed by atoms with Crippen molar-refractivity contribution in [1.29, 1.82) is 0 Å². The van der Waals surface area contributed by atoms with E-state index in [1.54, 1.807) is 31.2 Å². The van der Waals surface area contributed by atoms with Crippen LogP contribution in [0, 0.1) is 0 Å². The lowest BCUT2D eigenvalue weighted by atomic mass is 9.99. The Hall–Kier alpha value is -7.13. The highest BCUT2D eigenvalue weighted by molar-refractivity contribution is 7.09. The van der Waals surface area contributed by atoms with Gasteiger partial charge < -0.3 is 37.0 Å². The van der Waals surface area contributed by atoms with Gasteiger partial charge in [-0.25, -0.2) is 0 Å². The number of benzene rings is 4. The Balaban J connectivity index is 1.45. The summed E-state index contributed by atoms with van der Waals surface area (Å²) in [5, 5.41) is 27.6. The van der Waals surface area contributed by atoms with Crippen molar-refractivity contribution in [3.63, 3.8) is 0 Å². The van der Waals surface area contributed by atoms with E-state index in [0.29, 0.717) is 29.6 Å². The summed E-state index contributed by atoms with van der Waals surface area (Å²) in [6.45, 7) is 2.97. The van der Waals surface area contributed by atoms with Crippen molar-refractivity contribution < 1.29 is 38.7 Å². The zero-order valence-corrected chi connectivity index (χ0v) is 35.9. The molecule has 0 spiro atoms. The lowest BCUT2D eigenvalue weighted by molar-refractivity contribution is -0.141. The fourth-order valence-corrected chi connectivity index (χ4v) is 7.46. The lowest BCUT2D eigenvalue weighted by Crippen LogP contribution is -2.59. The summed E-state index contributed by atoms with van der Waals surface area (Å²) in [5.41, 5.74) is 4.63. The fourth-order valence-electron chi connectivity index (χ4n) is 6.71. The molecule has 14 nitrogen and oxygen atoms in total. The maximum absolute atomic E-state index is 14.6. The quantitative estimate of drug-likeness (QED) is 0.0461. The highest BCUT2D eigenvalue weighted by Gasteiger charge is 2.32. The van der Waals surface area contributed by atoms with Crippen molar-refractivity contribution in [2.75, 3.05) is 5.32 Å². The van der Waals surface area contributed by atoms with Crippen LogP contribution in [-0.4, -0.2) is 77.2 Å². The number of anilines is 1. The predicted molar refractivity (Wildman–Crippen MR) is 241 cm³/mol. The Morgan fingerprint density at radius 3 is 1.62 bits per heavy atom. The van der Waals surface area contributed by atoms with Crippen LogP contribution in [0.4, 0.5) is 5.69 Å². The van der Waals surface area contributed by atoms with Gasteiger partial charge in [-0.2, -0.15) is 0 Å². The van der Waals surface area contributed by atoms with Crippen molar-refractivity contribution in [1.82, 2.24) is 26.6 Å². The van der Waals surface area contributed by atoms with Crippen LogP contribution < -0.4 is 31.9 Å². The molecule has 1 heterocycles. The van der Waals surface area contributed by atoms with Crippen LogP contribution in [-0.2, 0) is 59.2 Å². The molecular weight excluding hydrogens is 821 g/mol. The smallest absolute Gasteiger partial charge is 0.325 e. The Labute approximate surface area is 370 Å². The molecule has 63 heavy (non-hydrogen) atoms. The van der Waals surface area contributed by atoms with E-state index >= 15 is 0 Å². The van der Waals surface area contributed by atoms with Crippen LogP contribution in [0.15, 0.2) is 127 Å². The first-order chi connectivity index (χ1) is 30.4. The second-order valence-corrected chi connectivity index (χ2v) is 16.0. The van der Waals surface area contributed by atoms with Crippen LogP contribution in [0.2, 0.25) is 0 Å². The maximum atomic E-state index is 14.6. The van der Waals surface area contributed by atoms with E-state index in [-0.39, 0.29) is 38.0 Å². The first kappa shape index (κ1) is 46.9. The summed E-state index contributed by atoms with van der Waals surface area (Å²) in [4.78, 5) is 92.8. The van der Waals surface area contributed by atoms with E-state index in [1.807, 2.05) is 102 Å². The van der Waals surface area contributed by atoms with Gasteiger partial charge in [0.25, 0.3) is 0 Å². The minimum Gasteiger partial charge on any atom is -0.480 e. The topological polar surface area (TPSA) is 212 Å². The minimum atomic E-state index is -1.28. The van der Waals surface area contributed by atoms with Gasteiger partial charge in [0.15, 0.2) is 0 Å². The molecule has 15 heteroatoms. The van der Waals surface area contributed by atoms with Crippen molar-refractivity contribution in [3.8, 4) is 11.1 Å². The van der Waals surface area contributed by atoms with Crippen molar-refractivity contribution in [3.05, 3.63) is 148 Å². The van der Waals surface area contributed by atoms with Gasteiger partial charge in [-0.15, -0.1) is 11.3 Å². The van der Waals surface area contributed by atoms with Gasteiger partial charge in [0.2, 0.25) is 35.9 Å². The van der Waals surface area contributed by atoms with E-state index in [9.17, 15) is 38.7 Å². The number of aryl methyl sites for hydroxylation is 1. The number of carboxylic acid groups (broad SMARTS) is 1. The number of hydrogen-bond donors (Lipinski definition) is 7. The molecule has 7 N–H and O–H groups in total. The molecule has 0 radical (unpaired) electrons. The highest BCUT2D eigenvalue weighted by Crippen LogP contribution is 2.20. The van der Waals surface area contributed by atoms with Crippen molar-refractivity contribution in [2.24, 2.45) is 0 Å². The normalized spacial score (nSPS) is 13.2. The molecule has 0 bridgehead atoms. The Kier molecular flexibility index (Phi) is 17.7. The van der Waals surface area contributed by atoms with Crippen LogP contribution >= 0.6 is 11.3 Å². The van der Waals surface area contributed by atoms with Crippen LogP contribution in [0.3, 0.4) is 0 Å². The third-order valence-electron chi connectivity index (χ3n) is 10.3. The van der Waals surface area contributed by atoms with Crippen LogP contribution in [0.25, 0.3) is 11.1 Å². The van der Waals surface area contributed by atoms with Gasteiger partial charge in [-0.1, -0.05) is 110 Å². The molecule has 0 saturated carbocycles. The monoisotopic (exact) mass is 872 g/mol. The molecule has 0 fully saturated rings. The molecule has 5 rings (SSSR count). The summed E-state index contributed by atoms with van der Waals surface area (Å²) in [6.07, 6.45) is 1.26. The molecule has 1 aromatic heterocycles. The summed E-state index contributed by atoms with van der Waals surface area (Å²) in [7, 11) is 0. The SMILES string of the molecule is CCC(=O)N[C@H](Cc1cccs1)C(=O)N[C@@H](Cc1ccc(-c2ccccc2)cc1)C(=O)N[C@H](CCc1ccccc1)C(=O)N[C@@H](Cc1ccc(NC=O)cc1)C(=O)N[C@@H](C)C(=O)O. The Morgan fingerprint density at radius 1 is 0.571 bits per heavy atom. The standard InChI is InChI=1S/C48H52N6O8S/c1-3-43(56)51-42(29-38-15-10-26-63-38)47(60)54-41(27-33-16-21-36(22-17-33)35-13-8-5-9-14-35)46(59)52-39(25-20-32-11-6-4-7-12-32)44(57)53-40(45(58)50-31(2)48(61)62)28-34-18-23-37(24-19-34)49-30-55/h4-19,21-24,26,30-31,39-42H,3,20,25,27-29H2,1-2H3,(H,49,55)(H,50,58)(H,51,56)(H,52,59)(H,53,57)(H,54,60)(H,61,62)/t31-,39+,40-,41-,42+/m0/s1. The molecule has 0 aliphatic rings. The number of nitrogens with one attached hydrogen (secondary N) is 6. The molecule has 0 saturated heterocycles. The van der Waals surface area contributed by atoms with Crippen LogP contribution in [0.1, 0.15) is 48.3 Å². The van der Waals surface area contributed by atoms with E-state index in [4.69, 9.17) is 0 Å². The van der Waals surface area contributed by atoms with Crippen LogP contribution in [0.5, 0.6) is 0 Å². The number of carbonyl (C=O) groups excluding carboxylic acids is 6. The number of aliphatic carboxylic acids is 1. The van der Waals surface area contributed by atoms with E-state index in [0.717, 1.165) is 21.6 Å². The van der Waals surface area contributed by atoms with E-state index in [2.05, 4.69) is 31.9 Å². The number of hydrogen-bond acceptors (Lipinski definition) is 8. The third-order valence-corrected chi connectivity index (χ3v) is 11.2. The van der Waals surface area contributed by atoms with Gasteiger partial charge in [0, 0.05) is 36.2 Å². The molecular formula is C48H52N6O8S. The Morgan fingerprint density at radius 2 is 1.08 bits per heavy atom. The highest BCUT2D eigenvalue weighted by atomic mass is 32.1. The maximum Gasteiger partial charge on any atom is 0.325 e. The average Bonchev–Trinajstić information content (AvgIpc) is 3.81. The number of carbonyl (C=O) groups is 7. The molecule has 0 aliphatic carbocycles. The average molecular weight is 873 g/mol. The second-order valence-electron chi connectivity index (χ2n) is 15.0. The molecule has 0 aliphatic heterocycles. The minimum absolute atomic E-state index is 0.0280. The van der Waals surface area contributed by atoms with E-state index < -0.39 is 59.8 Å². The second kappa shape index (κ2) is 23.8. The molecule has 6 amide bonds. The van der Waals surface area contributed by atoms with Gasteiger partial charge in [-0.05, 0) is 71.2 Å². The summed E-state index contributed by atoms with van der Waals surface area (Å²) in [5.74, 6) is -4.37. The van der Waals surface area contributed by atoms with Gasteiger partial charge in [-0.3, -0.25) is 33.6 Å². The van der Waals surface area contributed by atoms with Gasteiger partial charge in [0.1, 0.15) is 30.2 Å². The summed E-state index contributed by atoms with van der Waals surface area (Å²) >= 11 is 1.43. The largest absolute Gasteiger partial charge is 0.480 e. The lowest BCUT2D eigenvalue weighted by Gasteiger charge is -2.27. The zero-order chi connectivity index (χ0) is 45.1. The first-order valence-electron chi connectivity index (χ1n) is 20.7. The predicted octanol–water partition coefficient (Wildman–Crippen LogP) is 4.58. The summed E-state index contributed by atoms with van der Waals surface area (Å²) in [6, 6.07) is 30.9.